The number of hydrogen-bond donors (Lipinski definition) is 1. The monoisotopic (exact) mass is 386 g/mol. The number of esters is 1. The fourth-order valence-corrected chi connectivity index (χ4v) is 3.24. The molecule has 0 saturated carbocycles. The van der Waals surface area contributed by atoms with E-state index in [-0.39, 0.29) is 29.8 Å². The Balaban J connectivity index is 1.87. The summed E-state index contributed by atoms with van der Waals surface area (Å²) < 4.78 is 6.60. The highest BCUT2D eigenvalue weighted by Crippen LogP contribution is 2.18. The molecule has 2 aromatic heterocycles. The zero-order chi connectivity index (χ0) is 19.6. The number of hydrogen-bond acceptors (Lipinski definition) is 7. The van der Waals surface area contributed by atoms with Gasteiger partial charge >= 0.3 is 5.97 Å². The number of nitrogens with one attached hydrogen (secondary N) is 1. The Morgan fingerprint density at radius 3 is 2.63 bits per heavy atom. The SMILES string of the molecule is CC(=O)Nc1nc(COC(=O)c2nn(C(C)C)c(=O)c3ccccc23)cs1. The van der Waals surface area contributed by atoms with Crippen molar-refractivity contribution >= 4 is 39.1 Å². The van der Waals surface area contributed by atoms with Gasteiger partial charge in [-0.1, -0.05) is 18.2 Å². The summed E-state index contributed by atoms with van der Waals surface area (Å²) in [5.74, 6) is -0.866. The molecule has 1 N–H and O–H groups in total. The second kappa shape index (κ2) is 7.67. The summed E-state index contributed by atoms with van der Waals surface area (Å²) in [5.41, 5.74) is 0.339. The normalized spacial score (nSPS) is 11.0. The van der Waals surface area contributed by atoms with Gasteiger partial charge in [-0.3, -0.25) is 9.59 Å². The Bertz CT molecular complexity index is 1070. The smallest absolute Gasteiger partial charge is 0.359 e. The minimum Gasteiger partial charge on any atom is -0.454 e. The molecule has 0 bridgehead atoms. The summed E-state index contributed by atoms with van der Waals surface area (Å²) in [4.78, 5) is 40.3. The fourth-order valence-electron chi connectivity index (χ4n) is 2.50. The number of rotatable bonds is 5. The summed E-state index contributed by atoms with van der Waals surface area (Å²) in [6.07, 6.45) is 0. The van der Waals surface area contributed by atoms with Crippen molar-refractivity contribution in [2.24, 2.45) is 0 Å². The Morgan fingerprint density at radius 2 is 1.96 bits per heavy atom. The van der Waals surface area contributed by atoms with E-state index in [0.717, 1.165) is 0 Å². The van der Waals surface area contributed by atoms with E-state index >= 15 is 0 Å². The van der Waals surface area contributed by atoms with Crippen molar-refractivity contribution in [3.05, 3.63) is 51.4 Å². The number of fused-ring (bicyclic) bond motifs is 1. The van der Waals surface area contributed by atoms with Gasteiger partial charge in [0.1, 0.15) is 6.61 Å². The van der Waals surface area contributed by atoms with Crippen LogP contribution in [0, 0.1) is 0 Å². The van der Waals surface area contributed by atoms with Crippen LogP contribution in [-0.2, 0) is 16.1 Å². The van der Waals surface area contributed by atoms with E-state index < -0.39 is 5.97 Å². The molecule has 3 aromatic rings. The van der Waals surface area contributed by atoms with Crippen molar-refractivity contribution in [1.82, 2.24) is 14.8 Å². The summed E-state index contributed by atoms with van der Waals surface area (Å²) >= 11 is 1.24. The van der Waals surface area contributed by atoms with Gasteiger partial charge in [0.05, 0.1) is 17.1 Å². The molecule has 0 aliphatic carbocycles. The van der Waals surface area contributed by atoms with Crippen molar-refractivity contribution in [3.63, 3.8) is 0 Å². The third-order valence-corrected chi connectivity index (χ3v) is 4.50. The van der Waals surface area contributed by atoms with Crippen LogP contribution in [0.25, 0.3) is 10.8 Å². The van der Waals surface area contributed by atoms with Crippen molar-refractivity contribution in [2.75, 3.05) is 5.32 Å². The maximum Gasteiger partial charge on any atom is 0.359 e. The standard InChI is InChI=1S/C18H18N4O4S/c1-10(2)22-16(24)14-7-5-4-6-13(14)15(21-22)17(25)26-8-12-9-27-18(20-12)19-11(3)23/h4-7,9-10H,8H2,1-3H3,(H,19,20,23). The van der Waals surface area contributed by atoms with Crippen LogP contribution < -0.4 is 10.9 Å². The molecule has 0 spiro atoms. The molecule has 0 radical (unpaired) electrons. The Hall–Kier alpha value is -3.07. The molecule has 0 saturated heterocycles. The average molecular weight is 386 g/mol. The van der Waals surface area contributed by atoms with Gasteiger partial charge in [-0.05, 0) is 19.9 Å². The number of nitrogens with zero attached hydrogens (tertiary/aromatic N) is 3. The third-order valence-electron chi connectivity index (χ3n) is 3.70. The molecule has 3 rings (SSSR count). The maximum atomic E-state index is 12.6. The first-order valence-electron chi connectivity index (χ1n) is 8.27. The van der Waals surface area contributed by atoms with Gasteiger partial charge in [0.2, 0.25) is 5.91 Å². The van der Waals surface area contributed by atoms with Crippen LogP contribution in [0.3, 0.4) is 0 Å². The number of carbonyl (C=O) groups excluding carboxylic acids is 2. The van der Waals surface area contributed by atoms with E-state index in [0.29, 0.717) is 21.6 Å². The quantitative estimate of drug-likeness (QED) is 0.676. The molecule has 0 unspecified atom stereocenters. The zero-order valence-corrected chi connectivity index (χ0v) is 15.9. The molecule has 9 heteroatoms. The molecule has 27 heavy (non-hydrogen) atoms. The summed E-state index contributed by atoms with van der Waals surface area (Å²) in [6.45, 7) is 4.96. The van der Waals surface area contributed by atoms with Gasteiger partial charge in [-0.2, -0.15) is 5.10 Å². The summed E-state index contributed by atoms with van der Waals surface area (Å²) in [5, 5.41) is 9.77. The highest BCUT2D eigenvalue weighted by atomic mass is 32.1. The highest BCUT2D eigenvalue weighted by Gasteiger charge is 2.19. The minimum atomic E-state index is -0.644. The molecule has 140 valence electrons. The number of benzene rings is 1. The van der Waals surface area contributed by atoms with Gasteiger partial charge in [0, 0.05) is 17.7 Å². The third kappa shape index (κ3) is 4.03. The first-order valence-corrected chi connectivity index (χ1v) is 9.15. The van der Waals surface area contributed by atoms with Crippen LogP contribution in [0.4, 0.5) is 5.13 Å². The van der Waals surface area contributed by atoms with Crippen LogP contribution in [-0.4, -0.2) is 26.6 Å². The fraction of sp³-hybridized carbons (Fsp3) is 0.278. The van der Waals surface area contributed by atoms with Crippen LogP contribution in [0.15, 0.2) is 34.4 Å². The molecule has 0 atom stereocenters. The van der Waals surface area contributed by atoms with Crippen LogP contribution >= 0.6 is 11.3 Å². The first-order chi connectivity index (χ1) is 12.9. The molecule has 0 fully saturated rings. The predicted octanol–water partition coefficient (Wildman–Crippen LogP) is 2.75. The number of carbonyl (C=O) groups is 2. The second-order valence-corrected chi connectivity index (χ2v) is 7.00. The first kappa shape index (κ1) is 18.7. The average Bonchev–Trinajstić information content (AvgIpc) is 3.06. The lowest BCUT2D eigenvalue weighted by atomic mass is 10.1. The van der Waals surface area contributed by atoms with Gasteiger partial charge < -0.3 is 10.1 Å². The largest absolute Gasteiger partial charge is 0.454 e. The predicted molar refractivity (Wildman–Crippen MR) is 102 cm³/mol. The lowest BCUT2D eigenvalue weighted by Gasteiger charge is -2.12. The summed E-state index contributed by atoms with van der Waals surface area (Å²) in [6, 6.07) is 6.60. The van der Waals surface area contributed by atoms with Gasteiger partial charge in [-0.15, -0.1) is 11.3 Å². The zero-order valence-electron chi connectivity index (χ0n) is 15.1. The van der Waals surface area contributed by atoms with E-state index in [4.69, 9.17) is 4.74 Å². The second-order valence-electron chi connectivity index (χ2n) is 6.14. The van der Waals surface area contributed by atoms with E-state index in [1.165, 1.54) is 22.9 Å². The maximum absolute atomic E-state index is 12.6. The number of amides is 1. The number of anilines is 1. The number of ether oxygens (including phenoxy) is 1. The van der Waals surface area contributed by atoms with Crippen LogP contribution in [0.1, 0.15) is 43.0 Å². The lowest BCUT2D eigenvalue weighted by Crippen LogP contribution is -2.27. The van der Waals surface area contributed by atoms with Crippen molar-refractivity contribution in [2.45, 2.75) is 33.4 Å². The molecular weight excluding hydrogens is 368 g/mol. The van der Waals surface area contributed by atoms with Gasteiger partial charge in [0.15, 0.2) is 10.8 Å². The van der Waals surface area contributed by atoms with Crippen molar-refractivity contribution < 1.29 is 14.3 Å². The van der Waals surface area contributed by atoms with Crippen molar-refractivity contribution in [1.29, 1.82) is 0 Å². The van der Waals surface area contributed by atoms with Crippen LogP contribution in [0.2, 0.25) is 0 Å². The Labute approximate surface area is 158 Å². The number of aromatic nitrogens is 3. The Morgan fingerprint density at radius 1 is 1.26 bits per heavy atom. The van der Waals surface area contributed by atoms with E-state index in [1.54, 1.807) is 29.6 Å². The minimum absolute atomic E-state index is 0.0638. The summed E-state index contributed by atoms with van der Waals surface area (Å²) in [7, 11) is 0. The van der Waals surface area contributed by atoms with E-state index in [1.807, 2.05) is 13.8 Å². The van der Waals surface area contributed by atoms with Gasteiger partial charge in [-0.25, -0.2) is 14.5 Å². The topological polar surface area (TPSA) is 103 Å². The van der Waals surface area contributed by atoms with E-state index in [9.17, 15) is 14.4 Å². The van der Waals surface area contributed by atoms with Gasteiger partial charge in [0.25, 0.3) is 5.56 Å². The molecule has 0 aliphatic heterocycles. The number of thiazole rings is 1. The highest BCUT2D eigenvalue weighted by molar-refractivity contribution is 7.13. The van der Waals surface area contributed by atoms with Crippen LogP contribution in [0.5, 0.6) is 0 Å². The molecule has 1 aromatic carbocycles. The molecule has 8 nitrogen and oxygen atoms in total. The molecular formula is C18H18N4O4S. The molecule has 1 amide bonds. The van der Waals surface area contributed by atoms with E-state index in [2.05, 4.69) is 15.4 Å². The molecule has 2 heterocycles. The lowest BCUT2D eigenvalue weighted by molar-refractivity contribution is -0.114. The van der Waals surface area contributed by atoms with Crippen molar-refractivity contribution in [3.8, 4) is 0 Å². The molecule has 0 aliphatic rings. The Kier molecular flexibility index (Phi) is 5.31.